The predicted molar refractivity (Wildman–Crippen MR) is 73.0 cm³/mol. The maximum absolute atomic E-state index is 12.2. The van der Waals surface area contributed by atoms with Gasteiger partial charge in [0.15, 0.2) is 0 Å². The molecule has 1 atom stereocenters. The average Bonchev–Trinajstić information content (AvgIpc) is 2.62. The van der Waals surface area contributed by atoms with Crippen LogP contribution in [0.1, 0.15) is 36.4 Å². The zero-order valence-electron chi connectivity index (χ0n) is 11.1. The van der Waals surface area contributed by atoms with E-state index in [1.54, 1.807) is 16.2 Å². The number of amides is 1. The van der Waals surface area contributed by atoms with Crippen LogP contribution in [-0.2, 0) is 11.3 Å². The van der Waals surface area contributed by atoms with Crippen LogP contribution in [0, 0.1) is 6.92 Å². The first-order chi connectivity index (χ1) is 7.86. The molecule has 0 aliphatic heterocycles. The molecule has 1 rings (SSSR count). The van der Waals surface area contributed by atoms with Crippen molar-refractivity contribution < 1.29 is 4.79 Å². The molecule has 0 saturated heterocycles. The molecule has 2 N–H and O–H groups in total. The summed E-state index contributed by atoms with van der Waals surface area (Å²) >= 11 is 1.72. The highest BCUT2D eigenvalue weighted by Crippen LogP contribution is 2.19. The number of rotatable bonds is 5. The summed E-state index contributed by atoms with van der Waals surface area (Å²) in [6.45, 7) is 6.57. The smallest absolute Gasteiger partial charge is 0.242 e. The summed E-state index contributed by atoms with van der Waals surface area (Å²) in [5, 5.41) is 0. The molecule has 0 aliphatic carbocycles. The van der Waals surface area contributed by atoms with E-state index in [0.717, 1.165) is 12.8 Å². The van der Waals surface area contributed by atoms with Gasteiger partial charge in [0.25, 0.3) is 0 Å². The van der Waals surface area contributed by atoms with E-state index in [9.17, 15) is 4.79 Å². The Morgan fingerprint density at radius 2 is 2.18 bits per heavy atom. The summed E-state index contributed by atoms with van der Waals surface area (Å²) in [4.78, 5) is 16.4. The molecule has 0 saturated carbocycles. The molecule has 0 aliphatic rings. The molecule has 1 unspecified atom stereocenters. The number of nitrogens with two attached hydrogens (primary N) is 1. The van der Waals surface area contributed by atoms with Crippen LogP contribution in [0.3, 0.4) is 0 Å². The first kappa shape index (κ1) is 14.2. The summed E-state index contributed by atoms with van der Waals surface area (Å²) in [6, 6.07) is 4.14. The highest BCUT2D eigenvalue weighted by atomic mass is 32.1. The molecule has 1 aromatic heterocycles. The Kier molecular flexibility index (Phi) is 4.71. The number of hydrogen-bond donors (Lipinski definition) is 1. The minimum absolute atomic E-state index is 0.0189. The highest BCUT2D eigenvalue weighted by Gasteiger charge is 2.30. The van der Waals surface area contributed by atoms with E-state index in [4.69, 9.17) is 5.73 Å². The van der Waals surface area contributed by atoms with Crippen molar-refractivity contribution in [2.75, 3.05) is 7.05 Å². The van der Waals surface area contributed by atoms with E-state index in [1.807, 2.05) is 20.9 Å². The van der Waals surface area contributed by atoms with Crippen molar-refractivity contribution in [1.29, 1.82) is 0 Å². The van der Waals surface area contributed by atoms with Gasteiger partial charge in [-0.3, -0.25) is 4.79 Å². The van der Waals surface area contributed by atoms with Gasteiger partial charge in [-0.15, -0.1) is 11.3 Å². The number of carbonyl (C=O) groups is 1. The fraction of sp³-hybridized carbons (Fsp3) is 0.615. The fourth-order valence-corrected chi connectivity index (χ4v) is 2.88. The third kappa shape index (κ3) is 3.82. The van der Waals surface area contributed by atoms with Crippen LogP contribution in [0.15, 0.2) is 12.1 Å². The van der Waals surface area contributed by atoms with E-state index in [0.29, 0.717) is 6.54 Å². The average molecular weight is 254 g/mol. The number of hydrogen-bond acceptors (Lipinski definition) is 3. The molecule has 17 heavy (non-hydrogen) atoms. The van der Waals surface area contributed by atoms with Gasteiger partial charge in [-0.05, 0) is 32.4 Å². The molecule has 4 heteroatoms. The molecule has 0 radical (unpaired) electrons. The van der Waals surface area contributed by atoms with Gasteiger partial charge < -0.3 is 10.6 Å². The minimum atomic E-state index is -0.740. The van der Waals surface area contributed by atoms with Gasteiger partial charge in [0.2, 0.25) is 5.91 Å². The van der Waals surface area contributed by atoms with Crippen molar-refractivity contribution in [3.63, 3.8) is 0 Å². The van der Waals surface area contributed by atoms with Gasteiger partial charge in [-0.25, -0.2) is 0 Å². The standard InChI is InChI=1S/C13H22N2OS/c1-5-8-13(3,14)12(16)15(4)9-11-7-6-10(2)17-11/h6-7H,5,8-9,14H2,1-4H3. The molecule has 0 aromatic carbocycles. The second-order valence-corrected chi connectivity index (χ2v) is 6.21. The number of aryl methyl sites for hydroxylation is 1. The Morgan fingerprint density at radius 3 is 2.65 bits per heavy atom. The van der Waals surface area contributed by atoms with Gasteiger partial charge in [-0.2, -0.15) is 0 Å². The van der Waals surface area contributed by atoms with Crippen molar-refractivity contribution in [2.45, 2.75) is 45.7 Å². The van der Waals surface area contributed by atoms with Crippen molar-refractivity contribution in [3.8, 4) is 0 Å². The zero-order valence-corrected chi connectivity index (χ0v) is 11.9. The lowest BCUT2D eigenvalue weighted by molar-refractivity contribution is -0.135. The Hall–Kier alpha value is -0.870. The van der Waals surface area contributed by atoms with Crippen LogP contribution in [-0.4, -0.2) is 23.4 Å². The van der Waals surface area contributed by atoms with E-state index in [1.165, 1.54) is 9.75 Å². The predicted octanol–water partition coefficient (Wildman–Crippen LogP) is 2.53. The summed E-state index contributed by atoms with van der Waals surface area (Å²) in [6.07, 6.45) is 1.64. The van der Waals surface area contributed by atoms with Crippen LogP contribution >= 0.6 is 11.3 Å². The Balaban J connectivity index is 2.64. The second-order valence-electron chi connectivity index (χ2n) is 4.84. The number of nitrogens with zero attached hydrogens (tertiary/aromatic N) is 1. The Labute approximate surface area is 108 Å². The normalized spacial score (nSPS) is 14.4. The van der Waals surface area contributed by atoms with Crippen LogP contribution in [0.5, 0.6) is 0 Å². The number of thiophene rings is 1. The Bertz CT molecular complexity index is 385. The summed E-state index contributed by atoms with van der Waals surface area (Å²) in [5.41, 5.74) is 5.30. The van der Waals surface area contributed by atoms with Crippen LogP contribution < -0.4 is 5.73 Å². The van der Waals surface area contributed by atoms with Gasteiger partial charge in [0, 0.05) is 16.8 Å². The maximum Gasteiger partial charge on any atom is 0.242 e. The maximum atomic E-state index is 12.2. The quantitative estimate of drug-likeness (QED) is 0.877. The summed E-state index contributed by atoms with van der Waals surface area (Å²) in [7, 11) is 1.82. The fourth-order valence-electron chi connectivity index (χ4n) is 1.94. The molecule has 96 valence electrons. The second kappa shape index (κ2) is 5.65. The monoisotopic (exact) mass is 254 g/mol. The number of likely N-dealkylation sites (N-methyl/N-ethyl adjacent to an activating group) is 1. The third-order valence-electron chi connectivity index (χ3n) is 2.79. The van der Waals surface area contributed by atoms with Crippen LogP contribution in [0.25, 0.3) is 0 Å². The van der Waals surface area contributed by atoms with E-state index < -0.39 is 5.54 Å². The van der Waals surface area contributed by atoms with Crippen molar-refractivity contribution in [1.82, 2.24) is 4.90 Å². The lowest BCUT2D eigenvalue weighted by Crippen LogP contribution is -2.51. The third-order valence-corrected chi connectivity index (χ3v) is 3.78. The topological polar surface area (TPSA) is 46.3 Å². The van der Waals surface area contributed by atoms with Crippen molar-refractivity contribution in [2.24, 2.45) is 5.73 Å². The lowest BCUT2D eigenvalue weighted by Gasteiger charge is -2.28. The first-order valence-electron chi connectivity index (χ1n) is 5.96. The molecule has 3 nitrogen and oxygen atoms in total. The molecular weight excluding hydrogens is 232 g/mol. The molecule has 1 amide bonds. The van der Waals surface area contributed by atoms with Gasteiger partial charge in [0.1, 0.15) is 0 Å². The minimum Gasteiger partial charge on any atom is -0.339 e. The van der Waals surface area contributed by atoms with Gasteiger partial charge in [-0.1, -0.05) is 13.3 Å². The zero-order chi connectivity index (χ0) is 13.1. The Morgan fingerprint density at radius 1 is 1.53 bits per heavy atom. The van der Waals surface area contributed by atoms with Crippen molar-refractivity contribution in [3.05, 3.63) is 21.9 Å². The molecular formula is C13H22N2OS. The molecule has 1 heterocycles. The molecule has 0 fully saturated rings. The van der Waals surface area contributed by atoms with Crippen LogP contribution in [0.2, 0.25) is 0 Å². The first-order valence-corrected chi connectivity index (χ1v) is 6.78. The summed E-state index contributed by atoms with van der Waals surface area (Å²) < 4.78 is 0. The highest BCUT2D eigenvalue weighted by molar-refractivity contribution is 7.11. The van der Waals surface area contributed by atoms with Crippen LogP contribution in [0.4, 0.5) is 0 Å². The largest absolute Gasteiger partial charge is 0.339 e. The van der Waals surface area contributed by atoms with Gasteiger partial charge >= 0.3 is 0 Å². The summed E-state index contributed by atoms with van der Waals surface area (Å²) in [5.74, 6) is 0.0189. The molecule has 1 aromatic rings. The van der Waals surface area contributed by atoms with E-state index in [-0.39, 0.29) is 5.91 Å². The van der Waals surface area contributed by atoms with E-state index in [2.05, 4.69) is 19.1 Å². The molecule has 0 spiro atoms. The van der Waals surface area contributed by atoms with E-state index >= 15 is 0 Å². The molecule has 0 bridgehead atoms. The number of carbonyl (C=O) groups excluding carboxylic acids is 1. The van der Waals surface area contributed by atoms with Gasteiger partial charge in [0.05, 0.1) is 12.1 Å². The lowest BCUT2D eigenvalue weighted by atomic mass is 9.96. The van der Waals surface area contributed by atoms with Crippen molar-refractivity contribution >= 4 is 17.2 Å². The SMILES string of the molecule is CCCC(C)(N)C(=O)N(C)Cc1ccc(C)s1.